The molecule has 26 heavy (non-hydrogen) atoms. The van der Waals surface area contributed by atoms with Crippen molar-refractivity contribution in [2.45, 2.75) is 13.0 Å². The summed E-state index contributed by atoms with van der Waals surface area (Å²) in [5.74, 6) is 0.164. The van der Waals surface area contributed by atoms with Gasteiger partial charge in [-0.1, -0.05) is 42.5 Å². The molecule has 4 nitrogen and oxygen atoms in total. The maximum Gasteiger partial charge on any atom is 0.254 e. The lowest BCUT2D eigenvalue weighted by Gasteiger charge is -2.46. The number of rotatable bonds is 2. The van der Waals surface area contributed by atoms with Crippen molar-refractivity contribution in [1.29, 1.82) is 0 Å². The summed E-state index contributed by atoms with van der Waals surface area (Å²) in [4.78, 5) is 20.3. The molecule has 2 aliphatic heterocycles. The largest absolute Gasteiger partial charge is 0.336 e. The monoisotopic (exact) mass is 349 g/mol. The van der Waals surface area contributed by atoms with E-state index in [1.807, 2.05) is 30.3 Å². The van der Waals surface area contributed by atoms with E-state index in [1.165, 1.54) is 5.56 Å². The van der Waals surface area contributed by atoms with Gasteiger partial charge in [0.05, 0.1) is 0 Å². The van der Waals surface area contributed by atoms with E-state index in [-0.39, 0.29) is 5.91 Å². The minimum atomic E-state index is 0.164. The van der Waals surface area contributed by atoms with E-state index in [2.05, 4.69) is 46.9 Å². The van der Waals surface area contributed by atoms with E-state index in [0.29, 0.717) is 6.04 Å². The van der Waals surface area contributed by atoms with Crippen LogP contribution in [0.2, 0.25) is 0 Å². The van der Waals surface area contributed by atoms with Crippen molar-refractivity contribution in [1.82, 2.24) is 14.7 Å². The topological polar surface area (TPSA) is 26.8 Å². The minimum Gasteiger partial charge on any atom is -0.336 e. The van der Waals surface area contributed by atoms with Gasteiger partial charge in [-0.2, -0.15) is 0 Å². The Labute approximate surface area is 156 Å². The van der Waals surface area contributed by atoms with Gasteiger partial charge in [0.15, 0.2) is 0 Å². The molecule has 1 amide bonds. The lowest BCUT2D eigenvalue weighted by molar-refractivity contribution is 0.0190. The van der Waals surface area contributed by atoms with E-state index in [9.17, 15) is 4.79 Å². The molecule has 4 heteroatoms. The average Bonchev–Trinajstić information content (AvgIpc) is 2.67. The van der Waals surface area contributed by atoms with E-state index in [1.54, 1.807) is 0 Å². The molecule has 0 bridgehead atoms. The molecule has 0 aliphatic carbocycles. The second-order valence-electron chi connectivity index (χ2n) is 7.56. The van der Waals surface area contributed by atoms with Crippen LogP contribution >= 0.6 is 0 Å². The molecule has 0 aromatic heterocycles. The highest BCUT2D eigenvalue weighted by atomic mass is 16.2. The Balaban J connectivity index is 1.60. The van der Waals surface area contributed by atoms with E-state index >= 15 is 0 Å². The lowest BCUT2D eigenvalue weighted by Crippen LogP contribution is -2.62. The highest BCUT2D eigenvalue weighted by molar-refractivity contribution is 6.01. The van der Waals surface area contributed by atoms with Crippen molar-refractivity contribution < 1.29 is 4.79 Å². The van der Waals surface area contributed by atoms with Crippen LogP contribution in [0.15, 0.2) is 48.5 Å². The number of likely N-dealkylation sites (N-methyl/N-ethyl adjacent to an activating group) is 1. The van der Waals surface area contributed by atoms with Crippen molar-refractivity contribution in [2.75, 3.05) is 46.3 Å². The third kappa shape index (κ3) is 3.27. The van der Waals surface area contributed by atoms with Gasteiger partial charge in [0.2, 0.25) is 0 Å². The number of fused-ring (bicyclic) bond motifs is 1. The van der Waals surface area contributed by atoms with Gasteiger partial charge in [0.25, 0.3) is 5.91 Å². The van der Waals surface area contributed by atoms with Crippen LogP contribution in [0.25, 0.3) is 11.1 Å². The maximum absolute atomic E-state index is 13.4. The fourth-order valence-electron chi connectivity index (χ4n) is 4.25. The first-order chi connectivity index (χ1) is 12.6. The number of piperazine rings is 2. The lowest BCUT2D eigenvalue weighted by atomic mass is 9.95. The predicted octanol–water partition coefficient (Wildman–Crippen LogP) is 2.73. The highest BCUT2D eigenvalue weighted by Gasteiger charge is 2.33. The quantitative estimate of drug-likeness (QED) is 0.834. The molecule has 2 aliphatic rings. The number of nitrogens with zero attached hydrogens (tertiary/aromatic N) is 3. The smallest absolute Gasteiger partial charge is 0.254 e. The number of hydrogen-bond acceptors (Lipinski definition) is 3. The van der Waals surface area contributed by atoms with Gasteiger partial charge in [0, 0.05) is 50.9 Å². The molecule has 0 radical (unpaired) electrons. The molecule has 4 rings (SSSR count). The average molecular weight is 349 g/mol. The standard InChI is InChI=1S/C22H27N3O/c1-17-7-3-4-8-19(17)20-9-5-6-10-21(20)22(26)25-14-13-24-12-11-23(2)15-18(24)16-25/h3-10,18H,11-16H2,1-2H3. The zero-order valence-corrected chi connectivity index (χ0v) is 15.7. The summed E-state index contributed by atoms with van der Waals surface area (Å²) < 4.78 is 0. The van der Waals surface area contributed by atoms with Crippen LogP contribution in [0.3, 0.4) is 0 Å². The molecule has 2 aromatic rings. The van der Waals surface area contributed by atoms with Crippen molar-refractivity contribution >= 4 is 5.91 Å². The van der Waals surface area contributed by atoms with Gasteiger partial charge in [-0.15, -0.1) is 0 Å². The van der Waals surface area contributed by atoms with Gasteiger partial charge in [-0.3, -0.25) is 9.69 Å². The fourth-order valence-corrected chi connectivity index (χ4v) is 4.25. The molecular weight excluding hydrogens is 322 g/mol. The molecule has 1 unspecified atom stereocenters. The Morgan fingerprint density at radius 1 is 0.885 bits per heavy atom. The van der Waals surface area contributed by atoms with E-state index in [0.717, 1.165) is 56.0 Å². The third-order valence-corrected chi connectivity index (χ3v) is 5.78. The van der Waals surface area contributed by atoms with Gasteiger partial charge < -0.3 is 9.80 Å². The molecule has 0 spiro atoms. The van der Waals surface area contributed by atoms with E-state index in [4.69, 9.17) is 0 Å². The van der Waals surface area contributed by atoms with Crippen LogP contribution in [0.4, 0.5) is 0 Å². The Kier molecular flexibility index (Phi) is 4.79. The molecular formula is C22H27N3O. The van der Waals surface area contributed by atoms with Gasteiger partial charge in [-0.05, 0) is 36.7 Å². The van der Waals surface area contributed by atoms with Crippen molar-refractivity contribution in [3.8, 4) is 11.1 Å². The predicted molar refractivity (Wildman–Crippen MR) is 105 cm³/mol. The number of aryl methyl sites for hydroxylation is 1. The summed E-state index contributed by atoms with van der Waals surface area (Å²) in [6.07, 6.45) is 0. The summed E-state index contributed by atoms with van der Waals surface area (Å²) in [5, 5.41) is 0. The summed E-state index contributed by atoms with van der Waals surface area (Å²) in [7, 11) is 2.17. The van der Waals surface area contributed by atoms with E-state index < -0.39 is 0 Å². The summed E-state index contributed by atoms with van der Waals surface area (Å²) in [5.41, 5.74) is 4.21. The number of amides is 1. The SMILES string of the molecule is Cc1ccccc1-c1ccccc1C(=O)N1CCN2CCN(C)CC2C1. The number of carbonyl (C=O) groups is 1. The molecule has 2 aromatic carbocycles. The Morgan fingerprint density at radius 3 is 2.38 bits per heavy atom. The highest BCUT2D eigenvalue weighted by Crippen LogP contribution is 2.28. The third-order valence-electron chi connectivity index (χ3n) is 5.78. The number of carbonyl (C=O) groups excluding carboxylic acids is 1. The number of benzene rings is 2. The van der Waals surface area contributed by atoms with Crippen LogP contribution < -0.4 is 0 Å². The normalized spacial score (nSPS) is 21.5. The summed E-state index contributed by atoms with van der Waals surface area (Å²) in [6.45, 7) is 8.02. The Hall–Kier alpha value is -2.17. The van der Waals surface area contributed by atoms with Crippen LogP contribution in [0.1, 0.15) is 15.9 Å². The van der Waals surface area contributed by atoms with Crippen LogP contribution in [0.5, 0.6) is 0 Å². The second-order valence-corrected chi connectivity index (χ2v) is 7.56. The van der Waals surface area contributed by atoms with Crippen molar-refractivity contribution in [3.63, 3.8) is 0 Å². The van der Waals surface area contributed by atoms with Crippen LogP contribution in [0, 0.1) is 6.92 Å². The maximum atomic E-state index is 13.4. The fraction of sp³-hybridized carbons (Fsp3) is 0.409. The van der Waals surface area contributed by atoms with Gasteiger partial charge >= 0.3 is 0 Å². The first kappa shape index (κ1) is 17.3. The minimum absolute atomic E-state index is 0.164. The molecule has 136 valence electrons. The zero-order valence-electron chi connectivity index (χ0n) is 15.7. The van der Waals surface area contributed by atoms with Crippen LogP contribution in [-0.2, 0) is 0 Å². The molecule has 0 N–H and O–H groups in total. The second kappa shape index (κ2) is 7.22. The van der Waals surface area contributed by atoms with Crippen molar-refractivity contribution in [2.24, 2.45) is 0 Å². The first-order valence-electron chi connectivity index (χ1n) is 9.50. The zero-order chi connectivity index (χ0) is 18.1. The summed E-state index contributed by atoms with van der Waals surface area (Å²) >= 11 is 0. The summed E-state index contributed by atoms with van der Waals surface area (Å²) in [6, 6.07) is 16.8. The Bertz CT molecular complexity index is 803. The van der Waals surface area contributed by atoms with Crippen LogP contribution in [-0.4, -0.2) is 73.0 Å². The Morgan fingerprint density at radius 2 is 1.58 bits per heavy atom. The molecule has 2 saturated heterocycles. The molecule has 0 saturated carbocycles. The molecule has 2 heterocycles. The molecule has 2 fully saturated rings. The van der Waals surface area contributed by atoms with Gasteiger partial charge in [-0.25, -0.2) is 0 Å². The molecule has 1 atom stereocenters. The number of hydrogen-bond donors (Lipinski definition) is 0. The van der Waals surface area contributed by atoms with Gasteiger partial charge in [0.1, 0.15) is 0 Å². The van der Waals surface area contributed by atoms with Crippen molar-refractivity contribution in [3.05, 3.63) is 59.7 Å². The first-order valence-corrected chi connectivity index (χ1v) is 9.50.